The molecule has 0 aliphatic heterocycles. The third-order valence-electron chi connectivity index (χ3n) is 4.51. The maximum absolute atomic E-state index is 3.55. The lowest BCUT2D eigenvalue weighted by Crippen LogP contribution is -2.43. The lowest BCUT2D eigenvalue weighted by atomic mass is 9.97. The van der Waals surface area contributed by atoms with Gasteiger partial charge >= 0.3 is 0 Å². The third kappa shape index (κ3) is 3.73. The molecular weight excluding hydrogens is 232 g/mol. The lowest BCUT2D eigenvalue weighted by Gasteiger charge is -2.31. The van der Waals surface area contributed by atoms with Gasteiger partial charge in [0, 0.05) is 24.8 Å². The first-order valence-electron chi connectivity index (χ1n) is 7.73. The van der Waals surface area contributed by atoms with Crippen LogP contribution in [0.15, 0.2) is 24.3 Å². The topological polar surface area (TPSA) is 15.3 Å². The SMILES string of the molecule is CCN(CC(NC)C1CCCC1)c1cccc(C)c1. The standard InChI is InChI=1S/C17H28N2/c1-4-19(16-11-7-8-14(2)12-16)13-17(18-3)15-9-5-6-10-15/h7-8,11-12,15,17-18H,4-6,9-10,13H2,1-3H3. The Morgan fingerprint density at radius 3 is 2.63 bits per heavy atom. The highest BCUT2D eigenvalue weighted by molar-refractivity contribution is 5.48. The average Bonchev–Trinajstić information content (AvgIpc) is 2.94. The maximum atomic E-state index is 3.55. The van der Waals surface area contributed by atoms with E-state index >= 15 is 0 Å². The van der Waals surface area contributed by atoms with E-state index in [1.54, 1.807) is 0 Å². The maximum Gasteiger partial charge on any atom is 0.0369 e. The van der Waals surface area contributed by atoms with E-state index in [1.807, 2.05) is 0 Å². The van der Waals surface area contributed by atoms with Gasteiger partial charge in [0.1, 0.15) is 0 Å². The fourth-order valence-electron chi connectivity index (χ4n) is 3.32. The molecule has 19 heavy (non-hydrogen) atoms. The Kier molecular flexibility index (Phi) is 5.26. The Morgan fingerprint density at radius 1 is 1.32 bits per heavy atom. The number of nitrogens with zero attached hydrogens (tertiary/aromatic N) is 1. The van der Waals surface area contributed by atoms with Crippen molar-refractivity contribution in [1.29, 1.82) is 0 Å². The van der Waals surface area contributed by atoms with Gasteiger partial charge in [-0.05, 0) is 57.4 Å². The van der Waals surface area contributed by atoms with E-state index in [0.717, 1.165) is 19.0 Å². The van der Waals surface area contributed by atoms with Gasteiger partial charge in [0.15, 0.2) is 0 Å². The van der Waals surface area contributed by atoms with E-state index in [1.165, 1.54) is 36.9 Å². The molecular formula is C17H28N2. The number of rotatable bonds is 6. The number of nitrogens with one attached hydrogen (secondary N) is 1. The zero-order valence-electron chi connectivity index (χ0n) is 12.7. The molecule has 1 aromatic carbocycles. The second-order valence-corrected chi connectivity index (χ2v) is 5.82. The molecule has 0 spiro atoms. The average molecular weight is 260 g/mol. The van der Waals surface area contributed by atoms with Crippen LogP contribution in [0.5, 0.6) is 0 Å². The first-order valence-corrected chi connectivity index (χ1v) is 7.73. The Morgan fingerprint density at radius 2 is 2.05 bits per heavy atom. The second-order valence-electron chi connectivity index (χ2n) is 5.82. The molecule has 106 valence electrons. The van der Waals surface area contributed by atoms with Crippen LogP contribution in [0.25, 0.3) is 0 Å². The largest absolute Gasteiger partial charge is 0.370 e. The van der Waals surface area contributed by atoms with Crippen molar-refractivity contribution in [3.8, 4) is 0 Å². The number of benzene rings is 1. The summed E-state index contributed by atoms with van der Waals surface area (Å²) in [7, 11) is 2.12. The summed E-state index contributed by atoms with van der Waals surface area (Å²) in [5.74, 6) is 0.865. The molecule has 1 fully saturated rings. The van der Waals surface area contributed by atoms with Crippen LogP contribution in [-0.4, -0.2) is 26.2 Å². The predicted octanol–water partition coefficient (Wildman–Crippen LogP) is 3.60. The van der Waals surface area contributed by atoms with Gasteiger partial charge in [0.2, 0.25) is 0 Å². The predicted molar refractivity (Wildman–Crippen MR) is 83.9 cm³/mol. The zero-order valence-corrected chi connectivity index (χ0v) is 12.7. The minimum Gasteiger partial charge on any atom is -0.370 e. The summed E-state index contributed by atoms with van der Waals surface area (Å²) >= 11 is 0. The van der Waals surface area contributed by atoms with Crippen LogP contribution in [-0.2, 0) is 0 Å². The van der Waals surface area contributed by atoms with Gasteiger partial charge < -0.3 is 10.2 Å². The second kappa shape index (κ2) is 6.95. The quantitative estimate of drug-likeness (QED) is 0.840. The van der Waals surface area contributed by atoms with E-state index in [0.29, 0.717) is 6.04 Å². The van der Waals surface area contributed by atoms with E-state index in [4.69, 9.17) is 0 Å². The van der Waals surface area contributed by atoms with Crippen molar-refractivity contribution in [1.82, 2.24) is 5.32 Å². The van der Waals surface area contributed by atoms with Crippen molar-refractivity contribution in [2.75, 3.05) is 25.0 Å². The molecule has 0 amide bonds. The number of hydrogen-bond acceptors (Lipinski definition) is 2. The van der Waals surface area contributed by atoms with Crippen LogP contribution < -0.4 is 10.2 Å². The summed E-state index contributed by atoms with van der Waals surface area (Å²) in [6.07, 6.45) is 5.63. The molecule has 2 nitrogen and oxygen atoms in total. The molecule has 0 heterocycles. The molecule has 1 aliphatic rings. The van der Waals surface area contributed by atoms with E-state index in [-0.39, 0.29) is 0 Å². The highest BCUT2D eigenvalue weighted by Gasteiger charge is 2.25. The van der Waals surface area contributed by atoms with Crippen LogP contribution in [0.1, 0.15) is 38.2 Å². The zero-order chi connectivity index (χ0) is 13.7. The van der Waals surface area contributed by atoms with Crippen LogP contribution in [0.3, 0.4) is 0 Å². The van der Waals surface area contributed by atoms with Crippen LogP contribution in [0, 0.1) is 12.8 Å². The summed E-state index contributed by atoms with van der Waals surface area (Å²) in [5.41, 5.74) is 2.71. The van der Waals surface area contributed by atoms with Gasteiger partial charge in [-0.3, -0.25) is 0 Å². The highest BCUT2D eigenvalue weighted by Crippen LogP contribution is 2.28. The van der Waals surface area contributed by atoms with Crippen LogP contribution in [0.2, 0.25) is 0 Å². The van der Waals surface area contributed by atoms with Crippen molar-refractivity contribution in [3.63, 3.8) is 0 Å². The van der Waals surface area contributed by atoms with E-state index in [9.17, 15) is 0 Å². The monoisotopic (exact) mass is 260 g/mol. The molecule has 0 radical (unpaired) electrons. The number of aryl methyl sites for hydroxylation is 1. The number of likely N-dealkylation sites (N-methyl/N-ethyl adjacent to an activating group) is 2. The molecule has 1 unspecified atom stereocenters. The van der Waals surface area contributed by atoms with Crippen molar-refractivity contribution in [2.24, 2.45) is 5.92 Å². The summed E-state index contributed by atoms with van der Waals surface area (Å²) in [5, 5.41) is 3.55. The Balaban J connectivity index is 2.04. The van der Waals surface area contributed by atoms with E-state index in [2.05, 4.69) is 55.4 Å². The van der Waals surface area contributed by atoms with Crippen molar-refractivity contribution in [2.45, 2.75) is 45.6 Å². The summed E-state index contributed by atoms with van der Waals surface area (Å²) in [4.78, 5) is 2.51. The van der Waals surface area contributed by atoms with E-state index < -0.39 is 0 Å². The third-order valence-corrected chi connectivity index (χ3v) is 4.51. The number of anilines is 1. The Hall–Kier alpha value is -1.02. The number of hydrogen-bond donors (Lipinski definition) is 1. The molecule has 1 saturated carbocycles. The van der Waals surface area contributed by atoms with Crippen LogP contribution in [0.4, 0.5) is 5.69 Å². The van der Waals surface area contributed by atoms with Crippen molar-refractivity contribution < 1.29 is 0 Å². The Bertz CT molecular complexity index is 383. The highest BCUT2D eigenvalue weighted by atomic mass is 15.1. The minimum atomic E-state index is 0.628. The van der Waals surface area contributed by atoms with Crippen molar-refractivity contribution in [3.05, 3.63) is 29.8 Å². The molecule has 2 rings (SSSR count). The van der Waals surface area contributed by atoms with Gasteiger partial charge in [-0.25, -0.2) is 0 Å². The van der Waals surface area contributed by atoms with Crippen molar-refractivity contribution >= 4 is 5.69 Å². The molecule has 0 saturated heterocycles. The summed E-state index contributed by atoms with van der Waals surface area (Å²) in [6, 6.07) is 9.49. The van der Waals surface area contributed by atoms with Gasteiger partial charge in [0.05, 0.1) is 0 Å². The minimum absolute atomic E-state index is 0.628. The Labute approximate surface area is 118 Å². The van der Waals surface area contributed by atoms with Gasteiger partial charge in [-0.15, -0.1) is 0 Å². The molecule has 2 heteroatoms. The fourth-order valence-corrected chi connectivity index (χ4v) is 3.32. The first kappa shape index (κ1) is 14.4. The summed E-state index contributed by atoms with van der Waals surface area (Å²) in [6.45, 7) is 6.63. The van der Waals surface area contributed by atoms with Gasteiger partial charge in [0.25, 0.3) is 0 Å². The molecule has 1 aromatic rings. The smallest absolute Gasteiger partial charge is 0.0369 e. The first-order chi connectivity index (χ1) is 9.24. The van der Waals surface area contributed by atoms with Gasteiger partial charge in [-0.2, -0.15) is 0 Å². The fraction of sp³-hybridized carbons (Fsp3) is 0.647. The molecule has 1 aliphatic carbocycles. The normalized spacial score (nSPS) is 17.6. The van der Waals surface area contributed by atoms with Crippen LogP contribution >= 0.6 is 0 Å². The molecule has 0 aromatic heterocycles. The lowest BCUT2D eigenvalue weighted by molar-refractivity contribution is 0.379. The molecule has 0 bridgehead atoms. The van der Waals surface area contributed by atoms with Gasteiger partial charge in [-0.1, -0.05) is 25.0 Å². The summed E-state index contributed by atoms with van der Waals surface area (Å²) < 4.78 is 0. The molecule has 1 atom stereocenters. The molecule has 1 N–H and O–H groups in total.